The number of hydrogen-bond donors (Lipinski definition) is 4. The molecule has 0 unspecified atom stereocenters. The van der Waals surface area contributed by atoms with Gasteiger partial charge < -0.3 is 25.8 Å². The van der Waals surface area contributed by atoms with Gasteiger partial charge in [-0.25, -0.2) is 0 Å². The summed E-state index contributed by atoms with van der Waals surface area (Å²) < 4.78 is 5.65. The van der Waals surface area contributed by atoms with E-state index in [0.717, 1.165) is 62.2 Å². The van der Waals surface area contributed by atoms with Gasteiger partial charge in [-0.1, -0.05) is 42.5 Å². The minimum atomic E-state index is 0.190. The van der Waals surface area contributed by atoms with Crippen molar-refractivity contribution in [3.05, 3.63) is 95.1 Å². The Balaban J connectivity index is 0.000000354. The Morgan fingerprint density at radius 1 is 0.743 bits per heavy atom. The van der Waals surface area contributed by atoms with Gasteiger partial charge in [0.15, 0.2) is 0 Å². The lowest BCUT2D eigenvalue weighted by Gasteiger charge is -2.05. The van der Waals surface area contributed by atoms with Crippen molar-refractivity contribution < 1.29 is 14.9 Å². The van der Waals surface area contributed by atoms with Gasteiger partial charge in [0.05, 0.1) is 29.4 Å². The van der Waals surface area contributed by atoms with Crippen LogP contribution in [0.1, 0.15) is 55.0 Å². The average Bonchev–Trinajstić information content (AvgIpc) is 2.90. The van der Waals surface area contributed by atoms with Crippen molar-refractivity contribution >= 4 is 11.4 Å². The molecule has 3 aromatic rings. The molecular formula is C28H38N4O3. The Morgan fingerprint density at radius 2 is 1.26 bits per heavy atom. The van der Waals surface area contributed by atoms with E-state index in [2.05, 4.69) is 22.1 Å². The second kappa shape index (κ2) is 18.1. The fourth-order valence-corrected chi connectivity index (χ4v) is 3.04. The molecule has 0 aliphatic carbocycles. The van der Waals surface area contributed by atoms with Gasteiger partial charge in [0.25, 0.3) is 0 Å². The van der Waals surface area contributed by atoms with Gasteiger partial charge in [0.2, 0.25) is 0 Å². The first-order valence-electron chi connectivity index (χ1n) is 11.7. The molecule has 0 radical (unpaired) electrons. The SMILES string of the molecule is CC(=N)c1cccc(CCCO)n1.CC(=N)c1cccc(CCCOCc2ccccc2)n1.CO. The third kappa shape index (κ3) is 12.7. The molecule has 0 amide bonds. The van der Waals surface area contributed by atoms with E-state index in [-0.39, 0.29) is 6.61 Å². The standard InChI is InChI=1S/C17H20N2O.C10H14N2O.CH4O/c1-14(18)17-11-5-9-16(19-17)10-6-12-20-13-15-7-3-2-4-8-15;1-8(11)10-6-2-4-9(12-10)5-3-7-13;1-2/h2-5,7-9,11,18H,6,10,12-13H2,1H3;2,4,6,11,13H,3,5,7H2,1H3;2H,1H3. The molecule has 7 nitrogen and oxygen atoms in total. The Kier molecular flexibility index (Phi) is 15.4. The van der Waals surface area contributed by atoms with Crippen LogP contribution in [0.3, 0.4) is 0 Å². The number of aliphatic hydroxyl groups excluding tert-OH is 2. The van der Waals surface area contributed by atoms with E-state index in [4.69, 9.17) is 25.8 Å². The summed E-state index contributed by atoms with van der Waals surface area (Å²) in [5.74, 6) is 0. The van der Waals surface area contributed by atoms with Gasteiger partial charge in [-0.15, -0.1) is 0 Å². The van der Waals surface area contributed by atoms with Crippen LogP contribution in [0.2, 0.25) is 0 Å². The summed E-state index contributed by atoms with van der Waals surface area (Å²) >= 11 is 0. The molecular weight excluding hydrogens is 440 g/mol. The number of aliphatic hydroxyl groups is 2. The third-order valence-corrected chi connectivity index (χ3v) is 4.81. The van der Waals surface area contributed by atoms with Crippen LogP contribution in [0.25, 0.3) is 0 Å². The zero-order valence-electron chi connectivity index (χ0n) is 21.0. The van der Waals surface area contributed by atoms with E-state index in [0.29, 0.717) is 18.0 Å². The Labute approximate surface area is 208 Å². The van der Waals surface area contributed by atoms with Crippen molar-refractivity contribution in [3.63, 3.8) is 0 Å². The molecule has 2 heterocycles. The van der Waals surface area contributed by atoms with Crippen molar-refractivity contribution in [2.24, 2.45) is 0 Å². The highest BCUT2D eigenvalue weighted by Gasteiger charge is 2.01. The highest BCUT2D eigenvalue weighted by atomic mass is 16.5. The number of aromatic nitrogens is 2. The molecule has 1 aromatic carbocycles. The van der Waals surface area contributed by atoms with E-state index in [1.807, 2.05) is 54.6 Å². The second-order valence-electron chi connectivity index (χ2n) is 7.75. The van der Waals surface area contributed by atoms with Crippen LogP contribution in [0.5, 0.6) is 0 Å². The highest BCUT2D eigenvalue weighted by Crippen LogP contribution is 2.05. The number of pyridine rings is 2. The van der Waals surface area contributed by atoms with Crippen molar-refractivity contribution in [2.75, 3.05) is 20.3 Å². The maximum Gasteiger partial charge on any atom is 0.0837 e. The molecule has 0 atom stereocenters. The first-order valence-corrected chi connectivity index (χ1v) is 11.7. The molecule has 0 spiro atoms. The highest BCUT2D eigenvalue weighted by molar-refractivity contribution is 5.94. The summed E-state index contributed by atoms with van der Waals surface area (Å²) in [6.07, 6.45) is 3.33. The van der Waals surface area contributed by atoms with Gasteiger partial charge in [-0.05, 0) is 69.4 Å². The van der Waals surface area contributed by atoms with Crippen LogP contribution in [-0.4, -0.2) is 51.9 Å². The van der Waals surface area contributed by atoms with Gasteiger partial charge in [0, 0.05) is 31.7 Å². The zero-order chi connectivity index (χ0) is 25.9. The molecule has 188 valence electrons. The topological polar surface area (TPSA) is 123 Å². The molecule has 4 N–H and O–H groups in total. The minimum Gasteiger partial charge on any atom is -0.400 e. The van der Waals surface area contributed by atoms with Crippen LogP contribution in [0.4, 0.5) is 0 Å². The second-order valence-corrected chi connectivity index (χ2v) is 7.75. The normalized spacial score (nSPS) is 9.86. The van der Waals surface area contributed by atoms with Crippen molar-refractivity contribution in [2.45, 2.75) is 46.1 Å². The third-order valence-electron chi connectivity index (χ3n) is 4.81. The number of nitrogens with one attached hydrogen (secondary N) is 2. The maximum absolute atomic E-state index is 8.64. The summed E-state index contributed by atoms with van der Waals surface area (Å²) in [5, 5.41) is 30.6. The number of aryl methyl sites for hydroxylation is 2. The van der Waals surface area contributed by atoms with Gasteiger partial charge in [0.1, 0.15) is 0 Å². The van der Waals surface area contributed by atoms with Crippen LogP contribution < -0.4 is 0 Å². The summed E-state index contributed by atoms with van der Waals surface area (Å²) in [5.41, 5.74) is 5.63. The van der Waals surface area contributed by atoms with Crippen molar-refractivity contribution in [1.82, 2.24) is 9.97 Å². The predicted molar refractivity (Wildman–Crippen MR) is 141 cm³/mol. The van der Waals surface area contributed by atoms with E-state index in [1.54, 1.807) is 13.8 Å². The summed E-state index contributed by atoms with van der Waals surface area (Å²) in [4.78, 5) is 8.72. The number of benzene rings is 1. The van der Waals surface area contributed by atoms with E-state index in [9.17, 15) is 0 Å². The van der Waals surface area contributed by atoms with E-state index < -0.39 is 0 Å². The fraction of sp³-hybridized carbons (Fsp3) is 0.357. The summed E-state index contributed by atoms with van der Waals surface area (Å²) in [6, 6.07) is 21.7. The first kappa shape index (κ1) is 29.8. The molecule has 7 heteroatoms. The Morgan fingerprint density at radius 3 is 1.74 bits per heavy atom. The maximum atomic E-state index is 8.64. The quantitative estimate of drug-likeness (QED) is 0.236. The van der Waals surface area contributed by atoms with E-state index >= 15 is 0 Å². The van der Waals surface area contributed by atoms with Crippen LogP contribution in [0.15, 0.2) is 66.7 Å². The molecule has 0 fully saturated rings. The number of rotatable bonds is 11. The number of nitrogens with zero attached hydrogens (tertiary/aromatic N) is 2. The first-order chi connectivity index (χ1) is 17.0. The fourth-order valence-electron chi connectivity index (χ4n) is 3.04. The molecule has 0 saturated carbocycles. The van der Waals surface area contributed by atoms with Gasteiger partial charge in [-0.3, -0.25) is 9.97 Å². The van der Waals surface area contributed by atoms with Crippen LogP contribution >= 0.6 is 0 Å². The number of ether oxygens (including phenoxy) is 1. The molecule has 35 heavy (non-hydrogen) atoms. The molecule has 2 aromatic heterocycles. The van der Waals surface area contributed by atoms with Crippen molar-refractivity contribution in [3.8, 4) is 0 Å². The zero-order valence-corrected chi connectivity index (χ0v) is 21.0. The van der Waals surface area contributed by atoms with Crippen LogP contribution in [-0.2, 0) is 24.2 Å². The summed E-state index contributed by atoms with van der Waals surface area (Å²) in [7, 11) is 1.00. The molecule has 0 aliphatic heterocycles. The Bertz CT molecular complexity index is 1010. The van der Waals surface area contributed by atoms with Gasteiger partial charge in [-0.2, -0.15) is 0 Å². The molecule has 0 aliphatic rings. The van der Waals surface area contributed by atoms with Crippen molar-refractivity contribution in [1.29, 1.82) is 10.8 Å². The Hall–Kier alpha value is -3.26. The molecule has 0 saturated heterocycles. The van der Waals surface area contributed by atoms with Gasteiger partial charge >= 0.3 is 0 Å². The lowest BCUT2D eigenvalue weighted by atomic mass is 10.2. The smallest absolute Gasteiger partial charge is 0.0837 e. The van der Waals surface area contributed by atoms with Crippen LogP contribution in [0, 0.1) is 10.8 Å². The molecule has 3 rings (SSSR count). The minimum absolute atomic E-state index is 0.190. The lowest BCUT2D eigenvalue weighted by Crippen LogP contribution is -2.02. The van der Waals surface area contributed by atoms with E-state index in [1.165, 1.54) is 5.56 Å². The number of hydrogen-bond acceptors (Lipinski definition) is 7. The molecule has 0 bridgehead atoms. The average molecular weight is 479 g/mol. The lowest BCUT2D eigenvalue weighted by molar-refractivity contribution is 0.118. The monoisotopic (exact) mass is 478 g/mol. The predicted octanol–water partition coefficient (Wildman–Crippen LogP) is 4.62. The largest absolute Gasteiger partial charge is 0.400 e. The summed E-state index contributed by atoms with van der Waals surface area (Å²) in [6.45, 7) is 5.06.